The van der Waals surface area contributed by atoms with Crippen LogP contribution < -0.4 is 10.6 Å². The van der Waals surface area contributed by atoms with Gasteiger partial charge in [-0.25, -0.2) is 14.6 Å². The molecule has 2 saturated heterocycles. The highest BCUT2D eigenvalue weighted by Gasteiger charge is 2.63. The predicted molar refractivity (Wildman–Crippen MR) is 170 cm³/mol. The smallest absolute Gasteiger partial charge is 0.457 e. The second-order valence-electron chi connectivity index (χ2n) is 11.6. The van der Waals surface area contributed by atoms with Gasteiger partial charge in [-0.15, -0.1) is 16.0 Å². The SMILES string of the molecule is C=CCOC(=O)Nc1nc(C(=NOC)C(=O)NC2C(=O)N3C(C(=O)OCC=C)=C([N+]4(OS(=O)(=O)C(F)(F)F)CC(C)CCC4C)CCC23)cs1. The molecule has 21 heteroatoms. The molecule has 5 atom stereocenters. The molecular weight excluding hydrogens is 713 g/mol. The summed E-state index contributed by atoms with van der Waals surface area (Å²) in [4.78, 5) is 62.5. The first kappa shape index (κ1) is 38.5. The monoisotopic (exact) mass is 749 g/mol. The molecule has 1 aromatic heterocycles. The van der Waals surface area contributed by atoms with Crippen molar-refractivity contribution < 1.29 is 64.0 Å². The molecule has 3 aliphatic rings. The van der Waals surface area contributed by atoms with E-state index in [1.54, 1.807) is 6.92 Å². The number of amides is 3. The topological polar surface area (TPSA) is 192 Å². The summed E-state index contributed by atoms with van der Waals surface area (Å²) >= 11 is 0.937. The third kappa shape index (κ3) is 7.69. The normalized spacial score (nSPS) is 25.5. The first-order chi connectivity index (χ1) is 23.5. The molecule has 0 radical (unpaired) electrons. The average molecular weight is 750 g/mol. The van der Waals surface area contributed by atoms with E-state index in [0.29, 0.717) is 6.42 Å². The molecule has 2 N–H and O–H groups in total. The summed E-state index contributed by atoms with van der Waals surface area (Å²) in [5, 5.41) is 10.1. The number of carbonyl (C=O) groups excluding carboxylic acids is 4. The number of hydroxylamine groups is 3. The molecule has 50 heavy (non-hydrogen) atoms. The summed E-state index contributed by atoms with van der Waals surface area (Å²) < 4.78 is 80.0. The van der Waals surface area contributed by atoms with Gasteiger partial charge in [0.05, 0.1) is 6.04 Å². The van der Waals surface area contributed by atoms with E-state index in [-0.39, 0.29) is 67.2 Å². The van der Waals surface area contributed by atoms with E-state index in [4.69, 9.17) is 18.6 Å². The first-order valence-electron chi connectivity index (χ1n) is 15.2. The van der Waals surface area contributed by atoms with Gasteiger partial charge >= 0.3 is 27.7 Å². The molecule has 4 rings (SSSR count). The number of rotatable bonds is 13. The zero-order chi connectivity index (χ0) is 37.0. The van der Waals surface area contributed by atoms with Crippen molar-refractivity contribution in [1.29, 1.82) is 0 Å². The summed E-state index contributed by atoms with van der Waals surface area (Å²) in [6.45, 7) is 9.50. The van der Waals surface area contributed by atoms with Crippen LogP contribution in [0.4, 0.5) is 23.1 Å². The fourth-order valence-corrected chi connectivity index (χ4v) is 7.43. The number of likely N-dealkylation sites (tertiary alicyclic amines) is 1. The molecule has 16 nitrogen and oxygen atoms in total. The van der Waals surface area contributed by atoms with Crippen LogP contribution in [0.5, 0.6) is 0 Å². The lowest BCUT2D eigenvalue weighted by Crippen LogP contribution is -2.73. The third-order valence-corrected chi connectivity index (χ3v) is 10.0. The number of aromatic nitrogens is 1. The number of fused-ring (bicyclic) bond motifs is 1. The van der Waals surface area contributed by atoms with Crippen LogP contribution in [0.2, 0.25) is 0 Å². The maximum absolute atomic E-state index is 13.7. The lowest BCUT2D eigenvalue weighted by molar-refractivity contribution is -1.07. The number of hydrogen-bond acceptors (Lipinski definition) is 13. The fourth-order valence-electron chi connectivity index (χ4n) is 6.02. The predicted octanol–water partition coefficient (Wildman–Crippen LogP) is 3.07. The Hall–Kier alpha value is -4.34. The Balaban J connectivity index is 1.67. The Kier molecular flexibility index (Phi) is 11.7. The molecule has 3 amide bonds. The fraction of sp³-hybridized carbons (Fsp3) is 0.517. The standard InChI is InChI=1S/C29H35F3N6O10S2/c1-6-12-46-26(41)23-20(38(14-16(3)8-9-17(38)4)48-50(43,44)29(30,31)32)11-10-19-22(25(40)37(19)23)34-24(39)21(36-45-5)18-15-49-27(33-18)35-28(42)47-13-7-2/h6-7,15-17,19,22H,1-2,8-14H2,3-5H3,(H-,33,34,35,39,42)/p+1. The maximum Gasteiger partial charge on any atom is 0.528 e. The van der Waals surface area contributed by atoms with Crippen molar-refractivity contribution >= 4 is 56.2 Å². The summed E-state index contributed by atoms with van der Waals surface area (Å²) in [5.74, 6) is -3.19. The number of halogens is 3. The Morgan fingerprint density at radius 1 is 1.16 bits per heavy atom. The van der Waals surface area contributed by atoms with Crippen LogP contribution in [0.15, 0.2) is 47.2 Å². The highest BCUT2D eigenvalue weighted by Crippen LogP contribution is 2.46. The first-order valence-corrected chi connectivity index (χ1v) is 17.5. The molecule has 0 aliphatic carbocycles. The van der Waals surface area contributed by atoms with E-state index in [1.807, 2.05) is 0 Å². The van der Waals surface area contributed by atoms with Crippen molar-refractivity contribution in [3.8, 4) is 0 Å². The second kappa shape index (κ2) is 15.3. The molecule has 3 aliphatic heterocycles. The maximum atomic E-state index is 13.7. The molecule has 274 valence electrons. The highest BCUT2D eigenvalue weighted by atomic mass is 32.2. The van der Waals surface area contributed by atoms with Crippen molar-refractivity contribution in [1.82, 2.24) is 15.2 Å². The number of nitrogens with zero attached hydrogens (tertiary/aromatic N) is 4. The minimum Gasteiger partial charge on any atom is -0.457 e. The molecule has 0 spiro atoms. The van der Waals surface area contributed by atoms with Gasteiger partial charge in [-0.1, -0.05) is 41.7 Å². The second-order valence-corrected chi connectivity index (χ2v) is 14.0. The number of oxime groups is 1. The van der Waals surface area contributed by atoms with E-state index in [9.17, 15) is 40.8 Å². The average Bonchev–Trinajstić information content (AvgIpc) is 3.51. The van der Waals surface area contributed by atoms with Gasteiger partial charge in [0, 0.05) is 24.1 Å². The Labute approximate surface area is 289 Å². The Morgan fingerprint density at radius 3 is 2.48 bits per heavy atom. The van der Waals surface area contributed by atoms with Gasteiger partial charge in [0.1, 0.15) is 44.6 Å². The van der Waals surface area contributed by atoms with Gasteiger partial charge in [-0.2, -0.15) is 21.6 Å². The number of quaternary nitrogens is 1. The summed E-state index contributed by atoms with van der Waals surface area (Å²) in [7, 11) is -5.02. The van der Waals surface area contributed by atoms with Crippen molar-refractivity contribution in [2.24, 2.45) is 11.1 Å². The lowest BCUT2D eigenvalue weighted by atomic mass is 9.83. The largest absolute Gasteiger partial charge is 0.528 e. The van der Waals surface area contributed by atoms with Crippen LogP contribution in [0.1, 0.15) is 45.2 Å². The molecule has 4 heterocycles. The molecule has 5 unspecified atom stereocenters. The molecule has 1 aromatic rings. The highest BCUT2D eigenvalue weighted by molar-refractivity contribution is 7.87. The van der Waals surface area contributed by atoms with Crippen LogP contribution in [0.25, 0.3) is 0 Å². The number of anilines is 1. The lowest BCUT2D eigenvalue weighted by Gasteiger charge is -2.53. The minimum absolute atomic E-state index is 0.00483. The Bertz CT molecular complexity index is 1710. The Morgan fingerprint density at radius 2 is 1.84 bits per heavy atom. The summed E-state index contributed by atoms with van der Waals surface area (Å²) in [5.41, 5.74) is -6.81. The summed E-state index contributed by atoms with van der Waals surface area (Å²) in [6, 6.07) is -3.02. The number of thiazole rings is 1. The van der Waals surface area contributed by atoms with Gasteiger partial charge in [-0.3, -0.25) is 19.8 Å². The van der Waals surface area contributed by atoms with E-state index in [2.05, 4.69) is 33.9 Å². The number of allylic oxidation sites excluding steroid dienone is 1. The van der Waals surface area contributed by atoms with Crippen molar-refractivity contribution in [2.45, 2.75) is 63.2 Å². The van der Waals surface area contributed by atoms with Gasteiger partial charge < -0.3 is 19.6 Å². The van der Waals surface area contributed by atoms with Crippen molar-refractivity contribution in [2.75, 3.05) is 32.2 Å². The minimum atomic E-state index is -6.19. The van der Waals surface area contributed by atoms with Crippen LogP contribution in [-0.4, -0.2) is 103 Å². The number of nitrogens with one attached hydrogen (secondary N) is 2. The van der Waals surface area contributed by atoms with E-state index in [1.165, 1.54) is 31.6 Å². The third-order valence-electron chi connectivity index (χ3n) is 8.25. The zero-order valence-corrected chi connectivity index (χ0v) is 28.9. The van der Waals surface area contributed by atoms with Gasteiger partial charge in [0.15, 0.2) is 22.2 Å². The number of carbonyl (C=O) groups is 4. The number of piperidine rings is 1. The van der Waals surface area contributed by atoms with Gasteiger partial charge in [0.2, 0.25) is 0 Å². The van der Waals surface area contributed by atoms with Crippen LogP contribution in [-0.2, 0) is 43.1 Å². The number of alkyl halides is 3. The van der Waals surface area contributed by atoms with Gasteiger partial charge in [0.25, 0.3) is 11.8 Å². The molecule has 0 bridgehead atoms. The van der Waals surface area contributed by atoms with Crippen LogP contribution >= 0.6 is 11.3 Å². The van der Waals surface area contributed by atoms with Crippen molar-refractivity contribution in [3.05, 3.63) is 47.8 Å². The number of hydrogen-bond donors (Lipinski definition) is 2. The molecule has 2 fully saturated rings. The quantitative estimate of drug-likeness (QED) is 0.0573. The number of β-lactam (4-membered cyclic amide) rings is 1. The van der Waals surface area contributed by atoms with Crippen LogP contribution in [0.3, 0.4) is 0 Å². The molecule has 0 aromatic carbocycles. The van der Waals surface area contributed by atoms with E-state index in [0.717, 1.165) is 16.2 Å². The number of ether oxygens (including phenoxy) is 2. The summed E-state index contributed by atoms with van der Waals surface area (Å²) in [6.07, 6.45) is 2.36. The van der Waals surface area contributed by atoms with E-state index < -0.39 is 68.0 Å². The number of esters is 1. The molecular formula is C29H36F3N6O10S2+. The van der Waals surface area contributed by atoms with Crippen molar-refractivity contribution in [3.63, 3.8) is 0 Å². The van der Waals surface area contributed by atoms with Crippen LogP contribution in [0, 0.1) is 5.92 Å². The van der Waals surface area contributed by atoms with E-state index >= 15 is 0 Å². The molecule has 0 saturated carbocycles. The zero-order valence-electron chi connectivity index (χ0n) is 27.2. The van der Waals surface area contributed by atoms with Gasteiger partial charge in [-0.05, 0) is 19.8 Å².